The van der Waals surface area contributed by atoms with E-state index in [1.807, 2.05) is 7.05 Å². The van der Waals surface area contributed by atoms with E-state index >= 15 is 0 Å². The summed E-state index contributed by atoms with van der Waals surface area (Å²) < 4.78 is 11.4. The predicted molar refractivity (Wildman–Crippen MR) is 110 cm³/mol. The molecule has 27 heavy (non-hydrogen) atoms. The van der Waals surface area contributed by atoms with Gasteiger partial charge in [-0.15, -0.1) is 0 Å². The Morgan fingerprint density at radius 3 is 2.48 bits per heavy atom. The summed E-state index contributed by atoms with van der Waals surface area (Å²) >= 11 is 0. The minimum Gasteiger partial charge on any atom is -0.381 e. The van der Waals surface area contributed by atoms with E-state index in [9.17, 15) is 0 Å². The SMILES string of the molecule is CN=C(NCC1CCOCC1)NCC1(N2CCOC(C)(C)C2)CCCCC1. The number of nitrogens with one attached hydrogen (secondary N) is 2. The number of hydrogen-bond donors (Lipinski definition) is 2. The smallest absolute Gasteiger partial charge is 0.191 e. The molecule has 0 amide bonds. The van der Waals surface area contributed by atoms with Crippen LogP contribution in [0.4, 0.5) is 0 Å². The maximum Gasteiger partial charge on any atom is 0.191 e. The molecule has 0 aromatic heterocycles. The largest absolute Gasteiger partial charge is 0.381 e. The van der Waals surface area contributed by atoms with Crippen LogP contribution in [0.25, 0.3) is 0 Å². The molecule has 3 rings (SSSR count). The van der Waals surface area contributed by atoms with Gasteiger partial charge >= 0.3 is 0 Å². The van der Waals surface area contributed by atoms with E-state index in [2.05, 4.69) is 34.4 Å². The Kier molecular flexibility index (Phi) is 7.40. The van der Waals surface area contributed by atoms with Gasteiger partial charge in [-0.3, -0.25) is 9.89 Å². The first kappa shape index (κ1) is 20.9. The van der Waals surface area contributed by atoms with Crippen LogP contribution in [0.1, 0.15) is 58.8 Å². The van der Waals surface area contributed by atoms with Crippen molar-refractivity contribution in [2.24, 2.45) is 10.9 Å². The van der Waals surface area contributed by atoms with E-state index in [0.717, 1.165) is 64.8 Å². The number of guanidine groups is 1. The van der Waals surface area contributed by atoms with Gasteiger partial charge in [-0.1, -0.05) is 19.3 Å². The molecule has 2 aliphatic heterocycles. The lowest BCUT2D eigenvalue weighted by Crippen LogP contribution is -2.63. The molecule has 0 bridgehead atoms. The van der Waals surface area contributed by atoms with Crippen molar-refractivity contribution in [1.29, 1.82) is 0 Å². The lowest BCUT2D eigenvalue weighted by Gasteiger charge is -2.51. The molecule has 2 saturated heterocycles. The summed E-state index contributed by atoms with van der Waals surface area (Å²) in [6.45, 7) is 11.1. The molecule has 6 heteroatoms. The molecule has 1 saturated carbocycles. The van der Waals surface area contributed by atoms with Crippen LogP contribution < -0.4 is 10.6 Å². The second-order valence-corrected chi connectivity index (χ2v) is 9.18. The summed E-state index contributed by atoms with van der Waals surface area (Å²) in [7, 11) is 1.88. The zero-order valence-electron chi connectivity index (χ0n) is 17.7. The van der Waals surface area contributed by atoms with Gasteiger partial charge in [-0.25, -0.2) is 0 Å². The van der Waals surface area contributed by atoms with Gasteiger partial charge in [0.1, 0.15) is 0 Å². The zero-order valence-corrected chi connectivity index (χ0v) is 17.7. The molecular weight excluding hydrogens is 340 g/mol. The molecule has 0 unspecified atom stereocenters. The summed E-state index contributed by atoms with van der Waals surface area (Å²) in [5.74, 6) is 1.64. The summed E-state index contributed by atoms with van der Waals surface area (Å²) in [6.07, 6.45) is 8.86. The maximum atomic E-state index is 5.98. The number of morpholine rings is 1. The Morgan fingerprint density at radius 1 is 1.07 bits per heavy atom. The topological polar surface area (TPSA) is 58.1 Å². The van der Waals surface area contributed by atoms with Gasteiger partial charge in [-0.2, -0.15) is 0 Å². The average Bonchev–Trinajstić information content (AvgIpc) is 2.69. The second-order valence-electron chi connectivity index (χ2n) is 9.18. The van der Waals surface area contributed by atoms with Crippen LogP contribution in [-0.4, -0.2) is 75.0 Å². The van der Waals surface area contributed by atoms with E-state index in [1.165, 1.54) is 32.1 Å². The van der Waals surface area contributed by atoms with Crippen molar-refractivity contribution in [2.45, 2.75) is 69.9 Å². The highest BCUT2D eigenvalue weighted by Crippen LogP contribution is 2.36. The normalized spacial score (nSPS) is 27.3. The fourth-order valence-electron chi connectivity index (χ4n) is 4.90. The molecule has 0 spiro atoms. The Labute approximate surface area is 165 Å². The van der Waals surface area contributed by atoms with Gasteiger partial charge in [0.25, 0.3) is 0 Å². The summed E-state index contributed by atoms with van der Waals surface area (Å²) in [6, 6.07) is 0. The first-order chi connectivity index (χ1) is 13.0. The molecule has 0 radical (unpaired) electrons. The van der Waals surface area contributed by atoms with Crippen molar-refractivity contribution in [3.63, 3.8) is 0 Å². The van der Waals surface area contributed by atoms with Gasteiger partial charge in [0.2, 0.25) is 0 Å². The lowest BCUT2D eigenvalue weighted by atomic mass is 9.79. The highest BCUT2D eigenvalue weighted by molar-refractivity contribution is 5.79. The van der Waals surface area contributed by atoms with Crippen LogP contribution in [0.15, 0.2) is 4.99 Å². The Morgan fingerprint density at radius 2 is 1.81 bits per heavy atom. The maximum absolute atomic E-state index is 5.98. The lowest BCUT2D eigenvalue weighted by molar-refractivity contribution is -0.122. The van der Waals surface area contributed by atoms with Crippen molar-refractivity contribution >= 4 is 5.96 Å². The molecule has 0 aromatic rings. The first-order valence-corrected chi connectivity index (χ1v) is 10.9. The minimum atomic E-state index is -0.0499. The molecule has 3 aliphatic rings. The molecule has 156 valence electrons. The third-order valence-corrected chi connectivity index (χ3v) is 6.59. The predicted octanol–water partition coefficient (Wildman–Crippen LogP) is 2.39. The van der Waals surface area contributed by atoms with Gasteiger partial charge < -0.3 is 20.1 Å². The quantitative estimate of drug-likeness (QED) is 0.567. The Balaban J connectivity index is 1.56. The van der Waals surface area contributed by atoms with Crippen LogP contribution >= 0.6 is 0 Å². The molecular formula is C21H40N4O2. The van der Waals surface area contributed by atoms with Gasteiger partial charge in [0.05, 0.1) is 12.2 Å². The van der Waals surface area contributed by atoms with Gasteiger partial charge in [-0.05, 0) is 45.4 Å². The van der Waals surface area contributed by atoms with Crippen molar-refractivity contribution in [1.82, 2.24) is 15.5 Å². The van der Waals surface area contributed by atoms with Crippen LogP contribution in [0.3, 0.4) is 0 Å². The zero-order chi connectivity index (χ0) is 19.2. The number of hydrogen-bond acceptors (Lipinski definition) is 4. The summed E-state index contributed by atoms with van der Waals surface area (Å²) in [4.78, 5) is 7.18. The average molecular weight is 381 g/mol. The van der Waals surface area contributed by atoms with Crippen LogP contribution in [0, 0.1) is 5.92 Å². The third kappa shape index (κ3) is 5.81. The third-order valence-electron chi connectivity index (χ3n) is 6.59. The highest BCUT2D eigenvalue weighted by Gasteiger charge is 2.42. The van der Waals surface area contributed by atoms with E-state index in [-0.39, 0.29) is 11.1 Å². The molecule has 2 heterocycles. The van der Waals surface area contributed by atoms with Crippen LogP contribution in [0.2, 0.25) is 0 Å². The van der Waals surface area contributed by atoms with E-state index in [1.54, 1.807) is 0 Å². The molecule has 3 fully saturated rings. The van der Waals surface area contributed by atoms with E-state index in [0.29, 0.717) is 5.92 Å². The Hall–Kier alpha value is -0.850. The molecule has 0 aromatic carbocycles. The molecule has 2 N–H and O–H groups in total. The van der Waals surface area contributed by atoms with Gasteiger partial charge in [0.15, 0.2) is 5.96 Å². The summed E-state index contributed by atoms with van der Waals surface area (Å²) in [5.41, 5.74) is 0.182. The Bertz CT molecular complexity index is 483. The summed E-state index contributed by atoms with van der Waals surface area (Å²) in [5, 5.41) is 7.22. The number of ether oxygens (including phenoxy) is 2. The number of nitrogens with zero attached hydrogens (tertiary/aromatic N) is 2. The standard InChI is InChI=1S/C21H40N4O2/c1-20(2)17-25(11-14-27-20)21(9-5-4-6-10-21)16-24-19(22-3)23-15-18-7-12-26-13-8-18/h18H,4-17H2,1-3H3,(H2,22,23,24). The minimum absolute atomic E-state index is 0.0499. The monoisotopic (exact) mass is 380 g/mol. The fourth-order valence-corrected chi connectivity index (χ4v) is 4.90. The molecule has 1 aliphatic carbocycles. The fraction of sp³-hybridized carbons (Fsp3) is 0.952. The van der Waals surface area contributed by atoms with Crippen LogP contribution in [0.5, 0.6) is 0 Å². The van der Waals surface area contributed by atoms with E-state index < -0.39 is 0 Å². The van der Waals surface area contributed by atoms with Gasteiger partial charge in [0, 0.05) is 52.0 Å². The van der Waals surface area contributed by atoms with Crippen molar-refractivity contribution in [3.8, 4) is 0 Å². The number of rotatable bonds is 5. The van der Waals surface area contributed by atoms with E-state index in [4.69, 9.17) is 9.47 Å². The molecule has 0 atom stereocenters. The van der Waals surface area contributed by atoms with Crippen LogP contribution in [-0.2, 0) is 9.47 Å². The van der Waals surface area contributed by atoms with Crippen molar-refractivity contribution < 1.29 is 9.47 Å². The second kappa shape index (κ2) is 9.57. The molecule has 6 nitrogen and oxygen atoms in total. The number of aliphatic imine (C=N–C) groups is 1. The van der Waals surface area contributed by atoms with Crippen molar-refractivity contribution in [3.05, 3.63) is 0 Å². The highest BCUT2D eigenvalue weighted by atomic mass is 16.5. The first-order valence-electron chi connectivity index (χ1n) is 10.9. The van der Waals surface area contributed by atoms with Crippen molar-refractivity contribution in [2.75, 3.05) is 53.0 Å².